The molecule has 1 atom stereocenters. The molecule has 1 heterocycles. The Bertz CT molecular complexity index is 1120. The molecular formula is C26H21F2NO4. The molecule has 7 heteroatoms. The monoisotopic (exact) mass is 449 g/mol. The third-order valence-electron chi connectivity index (χ3n) is 4.78. The Balaban J connectivity index is 2.13. The summed E-state index contributed by atoms with van der Waals surface area (Å²) in [6.45, 7) is 0. The van der Waals surface area contributed by atoms with E-state index in [0.29, 0.717) is 27.8 Å². The van der Waals surface area contributed by atoms with E-state index in [1.165, 1.54) is 30.3 Å². The molecule has 0 bridgehead atoms. The lowest BCUT2D eigenvalue weighted by atomic mass is 9.89. The molecule has 0 saturated heterocycles. The summed E-state index contributed by atoms with van der Waals surface area (Å²) in [6, 6.07) is 15.1. The summed E-state index contributed by atoms with van der Waals surface area (Å²) in [5.74, 6) is -2.70. The fourth-order valence-electron chi connectivity index (χ4n) is 3.31. The van der Waals surface area contributed by atoms with Gasteiger partial charge in [0.05, 0.1) is 6.10 Å². The average Bonchev–Trinajstić information content (AvgIpc) is 2.78. The smallest absolute Gasteiger partial charge is 0.310 e. The minimum Gasteiger partial charge on any atom is -0.481 e. The number of aliphatic hydroxyl groups excluding tert-OH is 1. The summed E-state index contributed by atoms with van der Waals surface area (Å²) in [5, 5.41) is 19.0. The SMILES string of the molecule is O=C(O)CC(=O)CC(O)/C=C/C(=C(c1ccc(F)cc1)c1ccc(F)cc1)c1cccnc1. The molecule has 0 radical (unpaired) electrons. The number of carbonyl (C=O) groups excluding carboxylic acids is 1. The number of rotatable bonds is 9. The van der Waals surface area contributed by atoms with E-state index >= 15 is 0 Å². The fraction of sp³-hybridized carbons (Fsp3) is 0.115. The number of aliphatic carboxylic acids is 1. The minimum atomic E-state index is -1.26. The van der Waals surface area contributed by atoms with E-state index in [2.05, 4.69) is 4.98 Å². The highest BCUT2D eigenvalue weighted by molar-refractivity contribution is 6.02. The molecule has 0 aliphatic heterocycles. The largest absolute Gasteiger partial charge is 0.481 e. The van der Waals surface area contributed by atoms with Gasteiger partial charge in [-0.1, -0.05) is 42.5 Å². The van der Waals surface area contributed by atoms with E-state index in [4.69, 9.17) is 5.11 Å². The number of aromatic nitrogens is 1. The van der Waals surface area contributed by atoms with Gasteiger partial charge in [0.25, 0.3) is 0 Å². The number of aliphatic hydroxyl groups is 1. The first-order valence-corrected chi connectivity index (χ1v) is 10.1. The van der Waals surface area contributed by atoms with Crippen molar-refractivity contribution in [1.82, 2.24) is 4.98 Å². The van der Waals surface area contributed by atoms with Gasteiger partial charge in [0.1, 0.15) is 23.8 Å². The van der Waals surface area contributed by atoms with Crippen LogP contribution in [0.4, 0.5) is 8.78 Å². The van der Waals surface area contributed by atoms with E-state index in [9.17, 15) is 23.5 Å². The maximum atomic E-state index is 13.6. The predicted octanol–water partition coefficient (Wildman–Crippen LogP) is 4.67. The lowest BCUT2D eigenvalue weighted by molar-refractivity contribution is -0.140. The second kappa shape index (κ2) is 11.1. The standard InChI is InChI=1S/C26H21F2NO4/c27-20-7-3-17(4-8-20)26(18-5-9-21(28)10-6-18)24(19-2-1-13-29-16-19)12-11-22(30)14-23(31)15-25(32)33/h1-13,16,22,30H,14-15H2,(H,32,33)/b12-11+. The number of pyridine rings is 1. The van der Waals surface area contributed by atoms with E-state index in [1.807, 2.05) is 0 Å². The van der Waals surface area contributed by atoms with Gasteiger partial charge in [-0.25, -0.2) is 8.78 Å². The van der Waals surface area contributed by atoms with Crippen LogP contribution in [0.2, 0.25) is 0 Å². The third-order valence-corrected chi connectivity index (χ3v) is 4.78. The van der Waals surface area contributed by atoms with Crippen molar-refractivity contribution < 1.29 is 28.6 Å². The predicted molar refractivity (Wildman–Crippen MR) is 120 cm³/mol. The van der Waals surface area contributed by atoms with Gasteiger partial charge in [0.15, 0.2) is 0 Å². The van der Waals surface area contributed by atoms with Crippen LogP contribution in [0.25, 0.3) is 11.1 Å². The van der Waals surface area contributed by atoms with Crippen LogP contribution in [0.5, 0.6) is 0 Å². The second-order valence-electron chi connectivity index (χ2n) is 7.28. The second-order valence-corrected chi connectivity index (χ2v) is 7.28. The normalized spacial score (nSPS) is 11.8. The Labute approximate surface area is 189 Å². The number of carboxylic acid groups (broad SMARTS) is 1. The van der Waals surface area contributed by atoms with Crippen molar-refractivity contribution >= 4 is 22.9 Å². The van der Waals surface area contributed by atoms with Gasteiger partial charge in [-0.05, 0) is 52.6 Å². The molecule has 0 saturated carbocycles. The Morgan fingerprint density at radius 1 is 0.909 bits per heavy atom. The zero-order valence-electron chi connectivity index (χ0n) is 17.5. The van der Waals surface area contributed by atoms with Crippen LogP contribution in [0, 0.1) is 11.6 Å². The zero-order chi connectivity index (χ0) is 23.8. The number of hydrogen-bond acceptors (Lipinski definition) is 4. The lowest BCUT2D eigenvalue weighted by Crippen LogP contribution is -2.14. The van der Waals surface area contributed by atoms with Crippen LogP contribution >= 0.6 is 0 Å². The first-order valence-electron chi connectivity index (χ1n) is 10.1. The Hall–Kier alpha value is -3.97. The van der Waals surface area contributed by atoms with Gasteiger partial charge in [-0.3, -0.25) is 14.6 Å². The molecule has 0 spiro atoms. The third kappa shape index (κ3) is 6.75. The maximum Gasteiger partial charge on any atom is 0.310 e. The molecule has 5 nitrogen and oxygen atoms in total. The fourth-order valence-corrected chi connectivity index (χ4v) is 3.31. The van der Waals surface area contributed by atoms with Gasteiger partial charge in [0, 0.05) is 24.4 Å². The maximum absolute atomic E-state index is 13.6. The molecule has 3 aromatic rings. The number of benzene rings is 2. The number of hydrogen-bond donors (Lipinski definition) is 2. The molecule has 168 valence electrons. The Morgan fingerprint density at radius 3 is 1.97 bits per heavy atom. The molecule has 1 unspecified atom stereocenters. The lowest BCUT2D eigenvalue weighted by Gasteiger charge is -2.15. The number of carboxylic acids is 1. The minimum absolute atomic E-state index is 0.356. The van der Waals surface area contributed by atoms with Crippen LogP contribution in [0.3, 0.4) is 0 Å². The molecule has 33 heavy (non-hydrogen) atoms. The topological polar surface area (TPSA) is 87.5 Å². The summed E-state index contributed by atoms with van der Waals surface area (Å²) < 4.78 is 27.2. The summed E-state index contributed by atoms with van der Waals surface area (Å²) in [5.41, 5.74) is 3.17. The summed E-state index contributed by atoms with van der Waals surface area (Å²) in [6.07, 6.45) is 3.94. The van der Waals surface area contributed by atoms with Gasteiger partial charge >= 0.3 is 5.97 Å². The Kier molecular flexibility index (Phi) is 7.94. The Morgan fingerprint density at radius 2 is 1.48 bits per heavy atom. The number of halogens is 2. The van der Waals surface area contributed by atoms with Gasteiger partial charge in [-0.15, -0.1) is 0 Å². The highest BCUT2D eigenvalue weighted by atomic mass is 19.1. The average molecular weight is 449 g/mol. The van der Waals surface area contributed by atoms with Crippen molar-refractivity contribution in [3.05, 3.63) is 114 Å². The molecule has 3 rings (SSSR count). The van der Waals surface area contributed by atoms with Gasteiger partial charge in [0.2, 0.25) is 0 Å². The number of Topliss-reactive ketones (excluding diaryl/α,β-unsaturated/α-hetero) is 1. The number of nitrogens with zero attached hydrogens (tertiary/aromatic N) is 1. The van der Waals surface area contributed by atoms with E-state index in [-0.39, 0.29) is 6.42 Å². The zero-order valence-corrected chi connectivity index (χ0v) is 17.5. The van der Waals surface area contributed by atoms with E-state index in [1.54, 1.807) is 54.9 Å². The van der Waals surface area contributed by atoms with Crippen LogP contribution in [0.1, 0.15) is 29.5 Å². The summed E-state index contributed by atoms with van der Waals surface area (Å²) in [7, 11) is 0. The number of ketones is 1. The first-order chi connectivity index (χ1) is 15.8. The van der Waals surface area contributed by atoms with Gasteiger partial charge < -0.3 is 10.2 Å². The van der Waals surface area contributed by atoms with Gasteiger partial charge in [-0.2, -0.15) is 0 Å². The van der Waals surface area contributed by atoms with Crippen LogP contribution in [-0.4, -0.2) is 33.1 Å². The van der Waals surface area contributed by atoms with Crippen LogP contribution in [0.15, 0.2) is 85.2 Å². The molecule has 0 amide bonds. The highest BCUT2D eigenvalue weighted by Gasteiger charge is 2.15. The number of carbonyl (C=O) groups is 2. The summed E-state index contributed by atoms with van der Waals surface area (Å²) in [4.78, 5) is 26.6. The van der Waals surface area contributed by atoms with Crippen molar-refractivity contribution in [1.29, 1.82) is 0 Å². The molecule has 0 aliphatic carbocycles. The quantitative estimate of drug-likeness (QED) is 0.366. The van der Waals surface area contributed by atoms with Crippen molar-refractivity contribution in [3.63, 3.8) is 0 Å². The molecule has 0 aliphatic rings. The molecular weight excluding hydrogens is 428 g/mol. The van der Waals surface area contributed by atoms with Crippen molar-refractivity contribution in [2.45, 2.75) is 18.9 Å². The molecule has 0 fully saturated rings. The highest BCUT2D eigenvalue weighted by Crippen LogP contribution is 2.33. The van der Waals surface area contributed by atoms with E-state index in [0.717, 1.165) is 0 Å². The van der Waals surface area contributed by atoms with Crippen molar-refractivity contribution in [2.75, 3.05) is 0 Å². The molecule has 2 N–H and O–H groups in total. The first kappa shape index (κ1) is 23.7. The molecule has 2 aromatic carbocycles. The van der Waals surface area contributed by atoms with E-state index < -0.39 is 35.9 Å². The van der Waals surface area contributed by atoms with Crippen LogP contribution in [-0.2, 0) is 9.59 Å². The van der Waals surface area contributed by atoms with Crippen molar-refractivity contribution in [2.24, 2.45) is 0 Å². The molecule has 1 aromatic heterocycles. The summed E-state index contributed by atoms with van der Waals surface area (Å²) >= 11 is 0. The van der Waals surface area contributed by atoms with Crippen LogP contribution < -0.4 is 0 Å². The number of allylic oxidation sites excluding steroid dienone is 2. The van der Waals surface area contributed by atoms with Crippen molar-refractivity contribution in [3.8, 4) is 0 Å².